The van der Waals surface area contributed by atoms with E-state index < -0.39 is 5.60 Å². The summed E-state index contributed by atoms with van der Waals surface area (Å²) < 4.78 is 5.64. The third kappa shape index (κ3) is 5.57. The quantitative estimate of drug-likeness (QED) is 0.664. The molecule has 2 aromatic rings. The van der Waals surface area contributed by atoms with Gasteiger partial charge in [-0.05, 0) is 58.7 Å². The normalized spacial score (nSPS) is 17.7. The largest absolute Gasteiger partial charge is 0.443 e. The molecule has 5 nitrogen and oxygen atoms in total. The van der Waals surface area contributed by atoms with Crippen molar-refractivity contribution in [3.05, 3.63) is 59.8 Å². The number of carbonyl (C=O) groups excluding carboxylic acids is 1. The monoisotopic (exact) mass is 395 g/mol. The highest BCUT2D eigenvalue weighted by atomic mass is 16.6. The molecule has 0 N–H and O–H groups in total. The van der Waals surface area contributed by atoms with Gasteiger partial charge in [0.15, 0.2) is 0 Å². The predicted molar refractivity (Wildman–Crippen MR) is 117 cm³/mol. The molecule has 0 radical (unpaired) electrons. The fraction of sp³-hybridized carbons (Fsp3) is 0.500. The molecule has 1 aliphatic rings. The maximum atomic E-state index is 12.8. The standard InChI is InChI=1S/C24H33N3O2/c1-5-27(23(28)29-24(2,3)4)22-20(14-11-16-25-22)21-15-9-10-17-26(21)18-19-12-7-6-8-13-19/h6-8,11-14,16,21H,5,9-10,15,17-18H2,1-4H3. The molecule has 29 heavy (non-hydrogen) atoms. The molecular formula is C24H33N3O2. The van der Waals surface area contributed by atoms with Gasteiger partial charge >= 0.3 is 6.09 Å². The zero-order valence-corrected chi connectivity index (χ0v) is 18.1. The molecule has 1 unspecified atom stereocenters. The first-order valence-electron chi connectivity index (χ1n) is 10.6. The fourth-order valence-electron chi connectivity index (χ4n) is 3.93. The molecule has 1 fully saturated rings. The van der Waals surface area contributed by atoms with Gasteiger partial charge in [0.1, 0.15) is 11.4 Å². The summed E-state index contributed by atoms with van der Waals surface area (Å²) in [5, 5.41) is 0. The summed E-state index contributed by atoms with van der Waals surface area (Å²) in [7, 11) is 0. The number of nitrogens with zero attached hydrogens (tertiary/aromatic N) is 3. The minimum Gasteiger partial charge on any atom is -0.443 e. The Morgan fingerprint density at radius 2 is 1.93 bits per heavy atom. The van der Waals surface area contributed by atoms with Crippen LogP contribution in [0.25, 0.3) is 0 Å². The number of ether oxygens (including phenoxy) is 1. The van der Waals surface area contributed by atoms with E-state index in [0.717, 1.165) is 25.1 Å². The van der Waals surface area contributed by atoms with Crippen LogP contribution in [0.15, 0.2) is 48.7 Å². The zero-order valence-electron chi connectivity index (χ0n) is 18.1. The van der Waals surface area contributed by atoms with Crippen molar-refractivity contribution in [1.82, 2.24) is 9.88 Å². The summed E-state index contributed by atoms with van der Waals surface area (Å²) in [6, 6.07) is 14.9. The van der Waals surface area contributed by atoms with Crippen LogP contribution >= 0.6 is 0 Å². The highest BCUT2D eigenvalue weighted by Gasteiger charge is 2.30. The Balaban J connectivity index is 1.90. The van der Waals surface area contributed by atoms with Crippen LogP contribution in [0.1, 0.15) is 64.1 Å². The van der Waals surface area contributed by atoms with E-state index >= 15 is 0 Å². The average Bonchev–Trinajstić information content (AvgIpc) is 2.69. The van der Waals surface area contributed by atoms with Gasteiger partial charge in [-0.1, -0.05) is 42.8 Å². The summed E-state index contributed by atoms with van der Waals surface area (Å²) in [4.78, 5) is 21.6. The topological polar surface area (TPSA) is 45.7 Å². The van der Waals surface area contributed by atoms with E-state index in [1.54, 1.807) is 11.1 Å². The van der Waals surface area contributed by atoms with Gasteiger partial charge in [-0.15, -0.1) is 0 Å². The molecule has 1 amide bonds. The molecule has 0 saturated carbocycles. The molecule has 156 valence electrons. The second-order valence-corrected chi connectivity index (χ2v) is 8.61. The van der Waals surface area contributed by atoms with E-state index in [4.69, 9.17) is 4.74 Å². The summed E-state index contributed by atoms with van der Waals surface area (Å²) in [6.45, 7) is 10.1. The van der Waals surface area contributed by atoms with Crippen molar-refractivity contribution in [1.29, 1.82) is 0 Å². The van der Waals surface area contributed by atoms with Gasteiger partial charge in [-0.2, -0.15) is 0 Å². The number of benzene rings is 1. The molecule has 3 rings (SSSR count). The Labute approximate surface area is 174 Å². The number of piperidine rings is 1. The SMILES string of the molecule is CCN(C(=O)OC(C)(C)C)c1ncccc1C1CCCCN1Cc1ccccc1. The molecule has 1 aromatic carbocycles. The van der Waals surface area contributed by atoms with Crippen LogP contribution in [0.2, 0.25) is 0 Å². The van der Waals surface area contributed by atoms with E-state index in [2.05, 4.69) is 46.3 Å². The van der Waals surface area contributed by atoms with Crippen LogP contribution < -0.4 is 4.90 Å². The van der Waals surface area contributed by atoms with E-state index in [0.29, 0.717) is 12.4 Å². The maximum Gasteiger partial charge on any atom is 0.415 e. The number of likely N-dealkylation sites (tertiary alicyclic amines) is 1. The summed E-state index contributed by atoms with van der Waals surface area (Å²) in [6.07, 6.45) is 4.87. The number of aromatic nitrogens is 1. The number of hydrogen-bond acceptors (Lipinski definition) is 4. The molecule has 0 aliphatic carbocycles. The van der Waals surface area contributed by atoms with Gasteiger partial charge in [0.05, 0.1) is 0 Å². The molecular weight excluding hydrogens is 362 g/mol. The molecule has 1 aliphatic heterocycles. The number of rotatable bonds is 5. The lowest BCUT2D eigenvalue weighted by molar-refractivity contribution is 0.0579. The summed E-state index contributed by atoms with van der Waals surface area (Å²) >= 11 is 0. The van der Waals surface area contributed by atoms with Gasteiger partial charge in [-0.3, -0.25) is 9.80 Å². The fourth-order valence-corrected chi connectivity index (χ4v) is 3.93. The molecule has 2 heterocycles. The van der Waals surface area contributed by atoms with E-state index in [-0.39, 0.29) is 12.1 Å². The second kappa shape index (κ2) is 9.40. The van der Waals surface area contributed by atoms with Crippen LogP contribution in [0.5, 0.6) is 0 Å². The van der Waals surface area contributed by atoms with Crippen LogP contribution in [-0.2, 0) is 11.3 Å². The van der Waals surface area contributed by atoms with Crippen molar-refractivity contribution in [3.8, 4) is 0 Å². The highest BCUT2D eigenvalue weighted by molar-refractivity contribution is 5.87. The Bertz CT molecular complexity index is 801. The lowest BCUT2D eigenvalue weighted by atomic mass is 9.94. The summed E-state index contributed by atoms with van der Waals surface area (Å²) in [5.74, 6) is 0.717. The Kier molecular flexibility index (Phi) is 6.91. The Hall–Kier alpha value is -2.40. The van der Waals surface area contributed by atoms with Crippen molar-refractivity contribution in [2.75, 3.05) is 18.0 Å². The van der Waals surface area contributed by atoms with Gasteiger partial charge in [0.25, 0.3) is 0 Å². The highest BCUT2D eigenvalue weighted by Crippen LogP contribution is 2.36. The number of hydrogen-bond donors (Lipinski definition) is 0. The number of amides is 1. The predicted octanol–water partition coefficient (Wildman–Crippen LogP) is 5.57. The molecule has 5 heteroatoms. The summed E-state index contributed by atoms with van der Waals surface area (Å²) in [5.41, 5.74) is 1.88. The number of carbonyl (C=O) groups is 1. The maximum absolute atomic E-state index is 12.8. The van der Waals surface area contributed by atoms with Crippen molar-refractivity contribution < 1.29 is 9.53 Å². The third-order valence-corrected chi connectivity index (χ3v) is 5.20. The van der Waals surface area contributed by atoms with E-state index in [9.17, 15) is 4.79 Å². The van der Waals surface area contributed by atoms with Crippen LogP contribution in [0.4, 0.5) is 10.6 Å². The molecule has 0 bridgehead atoms. The molecule has 0 spiro atoms. The van der Waals surface area contributed by atoms with Gasteiger partial charge in [0, 0.05) is 30.9 Å². The van der Waals surface area contributed by atoms with Crippen LogP contribution in [-0.4, -0.2) is 34.7 Å². The molecule has 1 aromatic heterocycles. The second-order valence-electron chi connectivity index (χ2n) is 8.61. The smallest absolute Gasteiger partial charge is 0.415 e. The van der Waals surface area contributed by atoms with Gasteiger partial charge in [0.2, 0.25) is 0 Å². The first-order chi connectivity index (χ1) is 13.9. The van der Waals surface area contributed by atoms with Crippen molar-refractivity contribution in [3.63, 3.8) is 0 Å². The Morgan fingerprint density at radius 1 is 1.17 bits per heavy atom. The van der Waals surface area contributed by atoms with Gasteiger partial charge < -0.3 is 4.74 Å². The molecule has 1 saturated heterocycles. The van der Waals surface area contributed by atoms with Crippen LogP contribution in [0, 0.1) is 0 Å². The Morgan fingerprint density at radius 3 is 2.62 bits per heavy atom. The number of anilines is 1. The van der Waals surface area contributed by atoms with Crippen molar-refractivity contribution >= 4 is 11.9 Å². The van der Waals surface area contributed by atoms with E-state index in [1.807, 2.05) is 33.8 Å². The minimum absolute atomic E-state index is 0.240. The van der Waals surface area contributed by atoms with Gasteiger partial charge in [-0.25, -0.2) is 9.78 Å². The van der Waals surface area contributed by atoms with E-state index in [1.165, 1.54) is 18.4 Å². The first kappa shape index (κ1) is 21.3. The first-order valence-corrected chi connectivity index (χ1v) is 10.6. The third-order valence-electron chi connectivity index (χ3n) is 5.20. The minimum atomic E-state index is -0.538. The molecule has 1 atom stereocenters. The lowest BCUT2D eigenvalue weighted by Crippen LogP contribution is -2.39. The average molecular weight is 396 g/mol. The lowest BCUT2D eigenvalue weighted by Gasteiger charge is -2.37. The van der Waals surface area contributed by atoms with Crippen molar-refractivity contribution in [2.24, 2.45) is 0 Å². The van der Waals surface area contributed by atoms with Crippen molar-refractivity contribution in [2.45, 2.75) is 65.1 Å². The number of pyridine rings is 1. The zero-order chi connectivity index (χ0) is 20.9. The van der Waals surface area contributed by atoms with Crippen LogP contribution in [0.3, 0.4) is 0 Å².